The third-order valence-electron chi connectivity index (χ3n) is 4.54. The SMILES string of the molecule is Cc1ccc(/C=C(\C#N)C(=O)OCC(=O)N2CCc3ccccc3C2)cc1. The highest BCUT2D eigenvalue weighted by molar-refractivity contribution is 5.98. The molecule has 2 aromatic carbocycles. The summed E-state index contributed by atoms with van der Waals surface area (Å²) in [5, 5.41) is 9.22. The summed E-state index contributed by atoms with van der Waals surface area (Å²) < 4.78 is 5.07. The van der Waals surface area contributed by atoms with Gasteiger partial charge in [-0.05, 0) is 36.1 Å². The summed E-state index contributed by atoms with van der Waals surface area (Å²) >= 11 is 0. The molecule has 0 radical (unpaired) electrons. The van der Waals surface area contributed by atoms with Gasteiger partial charge in [-0.2, -0.15) is 5.26 Å². The maximum atomic E-state index is 12.4. The van der Waals surface area contributed by atoms with Crippen molar-refractivity contribution in [3.05, 3.63) is 76.4 Å². The number of benzene rings is 2. The molecule has 3 rings (SSSR count). The van der Waals surface area contributed by atoms with Crippen LogP contribution in [-0.2, 0) is 27.3 Å². The molecule has 1 amide bonds. The highest BCUT2D eigenvalue weighted by atomic mass is 16.5. The predicted molar refractivity (Wildman–Crippen MR) is 101 cm³/mol. The lowest BCUT2D eigenvalue weighted by atomic mass is 10.00. The Hall–Kier alpha value is -3.39. The second-order valence-corrected chi connectivity index (χ2v) is 6.49. The molecule has 0 saturated carbocycles. The van der Waals surface area contributed by atoms with Crippen molar-refractivity contribution in [2.24, 2.45) is 0 Å². The smallest absolute Gasteiger partial charge is 0.349 e. The van der Waals surface area contributed by atoms with E-state index in [9.17, 15) is 14.9 Å². The number of rotatable bonds is 4. The Balaban J connectivity index is 1.59. The van der Waals surface area contributed by atoms with Gasteiger partial charge in [0.05, 0.1) is 0 Å². The molecule has 0 spiro atoms. The quantitative estimate of drug-likeness (QED) is 0.477. The van der Waals surface area contributed by atoms with Crippen LogP contribution in [0.15, 0.2) is 54.1 Å². The van der Waals surface area contributed by atoms with Gasteiger partial charge in [-0.25, -0.2) is 4.79 Å². The summed E-state index contributed by atoms with van der Waals surface area (Å²) in [4.78, 5) is 26.2. The third kappa shape index (κ3) is 4.62. The van der Waals surface area contributed by atoms with Crippen LogP contribution >= 0.6 is 0 Å². The van der Waals surface area contributed by atoms with E-state index in [0.29, 0.717) is 13.1 Å². The minimum absolute atomic E-state index is 0.129. The van der Waals surface area contributed by atoms with E-state index in [4.69, 9.17) is 4.74 Å². The molecule has 0 bridgehead atoms. The average Bonchev–Trinajstić information content (AvgIpc) is 2.71. The Labute approximate surface area is 158 Å². The first-order valence-corrected chi connectivity index (χ1v) is 8.77. The van der Waals surface area contributed by atoms with Gasteiger partial charge in [-0.3, -0.25) is 4.79 Å². The van der Waals surface area contributed by atoms with E-state index >= 15 is 0 Å². The minimum atomic E-state index is -0.788. The van der Waals surface area contributed by atoms with Crippen molar-refractivity contribution in [1.29, 1.82) is 5.26 Å². The van der Waals surface area contributed by atoms with Crippen molar-refractivity contribution in [2.75, 3.05) is 13.2 Å². The van der Waals surface area contributed by atoms with Crippen LogP contribution in [0.5, 0.6) is 0 Å². The molecule has 27 heavy (non-hydrogen) atoms. The fraction of sp³-hybridized carbons (Fsp3) is 0.227. The van der Waals surface area contributed by atoms with Crippen LogP contribution in [0.4, 0.5) is 0 Å². The maximum absolute atomic E-state index is 12.4. The van der Waals surface area contributed by atoms with Crippen LogP contribution in [0, 0.1) is 18.3 Å². The number of amides is 1. The summed E-state index contributed by atoms with van der Waals surface area (Å²) in [6.07, 6.45) is 2.25. The van der Waals surface area contributed by atoms with Gasteiger partial charge in [0.15, 0.2) is 6.61 Å². The van der Waals surface area contributed by atoms with Crippen LogP contribution < -0.4 is 0 Å². The third-order valence-corrected chi connectivity index (χ3v) is 4.54. The van der Waals surface area contributed by atoms with Crippen molar-refractivity contribution in [3.8, 4) is 6.07 Å². The molecule has 5 nitrogen and oxygen atoms in total. The molecule has 0 atom stereocenters. The van der Waals surface area contributed by atoms with Gasteiger partial charge in [0, 0.05) is 13.1 Å². The molecular weight excluding hydrogens is 340 g/mol. The van der Waals surface area contributed by atoms with Crippen molar-refractivity contribution in [3.63, 3.8) is 0 Å². The highest BCUT2D eigenvalue weighted by Crippen LogP contribution is 2.18. The molecule has 0 unspecified atom stereocenters. The number of carbonyl (C=O) groups excluding carboxylic acids is 2. The summed E-state index contributed by atoms with van der Waals surface area (Å²) in [7, 11) is 0. The number of ether oxygens (including phenoxy) is 1. The molecule has 136 valence electrons. The molecule has 1 heterocycles. The molecular formula is C22H20N2O3. The lowest BCUT2D eigenvalue weighted by Crippen LogP contribution is -2.38. The summed E-state index contributed by atoms with van der Waals surface area (Å²) in [5.74, 6) is -1.05. The monoisotopic (exact) mass is 360 g/mol. The van der Waals surface area contributed by atoms with Gasteiger partial charge in [0.25, 0.3) is 5.91 Å². The molecule has 0 aromatic heterocycles. The second kappa shape index (κ2) is 8.33. The molecule has 0 aliphatic carbocycles. The first-order chi connectivity index (χ1) is 13.1. The number of hydrogen-bond acceptors (Lipinski definition) is 4. The van der Waals surface area contributed by atoms with Crippen molar-refractivity contribution in [1.82, 2.24) is 4.90 Å². The molecule has 0 fully saturated rings. The second-order valence-electron chi connectivity index (χ2n) is 6.49. The van der Waals surface area contributed by atoms with E-state index < -0.39 is 5.97 Å². The van der Waals surface area contributed by atoms with Gasteiger partial charge in [-0.1, -0.05) is 54.1 Å². The number of fused-ring (bicyclic) bond motifs is 1. The standard InChI is InChI=1S/C22H20N2O3/c1-16-6-8-17(9-7-16)12-20(13-23)22(26)27-15-21(25)24-11-10-18-4-2-3-5-19(18)14-24/h2-9,12H,10-11,14-15H2,1H3/b20-12+. The zero-order chi connectivity index (χ0) is 19.2. The van der Waals surface area contributed by atoms with Crippen molar-refractivity contribution >= 4 is 18.0 Å². The molecule has 0 N–H and O–H groups in total. The fourth-order valence-corrected chi connectivity index (χ4v) is 2.97. The Morgan fingerprint density at radius 2 is 1.85 bits per heavy atom. The van der Waals surface area contributed by atoms with Gasteiger partial charge < -0.3 is 9.64 Å². The van der Waals surface area contributed by atoms with E-state index in [1.54, 1.807) is 4.90 Å². The number of carbonyl (C=O) groups is 2. The Morgan fingerprint density at radius 3 is 2.56 bits per heavy atom. The minimum Gasteiger partial charge on any atom is -0.451 e. The number of esters is 1. The molecule has 5 heteroatoms. The van der Waals surface area contributed by atoms with Crippen LogP contribution in [-0.4, -0.2) is 29.9 Å². The van der Waals surface area contributed by atoms with Gasteiger partial charge >= 0.3 is 5.97 Å². The van der Waals surface area contributed by atoms with E-state index in [0.717, 1.165) is 23.1 Å². The van der Waals surface area contributed by atoms with E-state index in [1.807, 2.05) is 55.5 Å². The molecule has 2 aromatic rings. The predicted octanol–water partition coefficient (Wildman–Crippen LogP) is 3.03. The zero-order valence-electron chi connectivity index (χ0n) is 15.1. The van der Waals surface area contributed by atoms with E-state index in [1.165, 1.54) is 11.6 Å². The molecule has 1 aliphatic heterocycles. The van der Waals surface area contributed by atoms with Crippen LogP contribution in [0.1, 0.15) is 22.3 Å². The average molecular weight is 360 g/mol. The Bertz CT molecular complexity index is 923. The van der Waals surface area contributed by atoms with E-state index in [-0.39, 0.29) is 18.1 Å². The molecule has 0 saturated heterocycles. The number of hydrogen-bond donors (Lipinski definition) is 0. The highest BCUT2D eigenvalue weighted by Gasteiger charge is 2.22. The van der Waals surface area contributed by atoms with Crippen molar-refractivity contribution in [2.45, 2.75) is 19.9 Å². The Morgan fingerprint density at radius 1 is 1.15 bits per heavy atom. The lowest BCUT2D eigenvalue weighted by molar-refractivity contribution is -0.149. The van der Waals surface area contributed by atoms with Crippen LogP contribution in [0.2, 0.25) is 0 Å². The number of nitrogens with zero attached hydrogens (tertiary/aromatic N) is 2. The van der Waals surface area contributed by atoms with Crippen LogP contribution in [0.3, 0.4) is 0 Å². The fourth-order valence-electron chi connectivity index (χ4n) is 2.97. The number of aryl methyl sites for hydroxylation is 1. The molecule has 1 aliphatic rings. The topological polar surface area (TPSA) is 70.4 Å². The first-order valence-electron chi connectivity index (χ1n) is 8.77. The Kier molecular flexibility index (Phi) is 5.68. The van der Waals surface area contributed by atoms with E-state index in [2.05, 4.69) is 6.07 Å². The van der Waals surface area contributed by atoms with Gasteiger partial charge in [0.2, 0.25) is 0 Å². The van der Waals surface area contributed by atoms with Crippen molar-refractivity contribution < 1.29 is 14.3 Å². The van der Waals surface area contributed by atoms with Gasteiger partial charge in [-0.15, -0.1) is 0 Å². The van der Waals surface area contributed by atoms with Crippen LogP contribution in [0.25, 0.3) is 6.08 Å². The summed E-state index contributed by atoms with van der Waals surface area (Å²) in [6.45, 7) is 2.69. The first kappa shape index (κ1) is 18.4. The summed E-state index contributed by atoms with van der Waals surface area (Å²) in [6, 6.07) is 17.3. The number of nitriles is 1. The summed E-state index contributed by atoms with van der Waals surface area (Å²) in [5.41, 5.74) is 4.04. The maximum Gasteiger partial charge on any atom is 0.349 e. The normalized spacial score (nSPS) is 13.5. The zero-order valence-corrected chi connectivity index (χ0v) is 15.1. The lowest BCUT2D eigenvalue weighted by Gasteiger charge is -2.28. The largest absolute Gasteiger partial charge is 0.451 e. The van der Waals surface area contributed by atoms with Gasteiger partial charge in [0.1, 0.15) is 11.6 Å².